The van der Waals surface area contributed by atoms with Crippen LogP contribution in [-0.2, 0) is 9.53 Å². The van der Waals surface area contributed by atoms with Gasteiger partial charge in [0.05, 0.1) is 17.8 Å². The molecule has 0 aliphatic carbocycles. The first-order valence-electron chi connectivity index (χ1n) is 10.8. The molecule has 0 radical (unpaired) electrons. The molecule has 164 valence electrons. The van der Waals surface area contributed by atoms with Gasteiger partial charge in [0.15, 0.2) is 0 Å². The topological polar surface area (TPSA) is 61.3 Å². The molecular formula is C21H40N2O3S2. The number of hydrogen-bond donors (Lipinski definition) is 1. The first-order chi connectivity index (χ1) is 13.6. The van der Waals surface area contributed by atoms with Crippen LogP contribution in [0.15, 0.2) is 0 Å². The Kier molecular flexibility index (Phi) is 19.2. The molecule has 1 rings (SSSR count). The van der Waals surface area contributed by atoms with Crippen LogP contribution in [0.5, 0.6) is 5.88 Å². The van der Waals surface area contributed by atoms with Gasteiger partial charge in [-0.3, -0.25) is 4.79 Å². The van der Waals surface area contributed by atoms with Gasteiger partial charge in [-0.2, -0.15) is 17.0 Å². The van der Waals surface area contributed by atoms with Gasteiger partial charge in [-0.05, 0) is 38.4 Å². The van der Waals surface area contributed by atoms with Crippen molar-refractivity contribution in [1.82, 2.24) is 8.75 Å². The van der Waals surface area contributed by atoms with E-state index in [1.807, 2.05) is 0 Å². The van der Waals surface area contributed by atoms with Gasteiger partial charge in [-0.1, -0.05) is 59.3 Å². The molecule has 5 nitrogen and oxygen atoms in total. The molecule has 0 spiro atoms. The fourth-order valence-corrected chi connectivity index (χ4v) is 3.22. The minimum atomic E-state index is -0.280. The summed E-state index contributed by atoms with van der Waals surface area (Å²) in [4.78, 5) is 11.6. The van der Waals surface area contributed by atoms with Gasteiger partial charge in [0.25, 0.3) is 5.88 Å². The third-order valence-corrected chi connectivity index (χ3v) is 5.22. The summed E-state index contributed by atoms with van der Waals surface area (Å²) in [5.74, 6) is 0.967. The minimum absolute atomic E-state index is 0.280. The Balaban J connectivity index is 0.000000887. The van der Waals surface area contributed by atoms with Crippen molar-refractivity contribution in [2.45, 2.75) is 104 Å². The fraction of sp³-hybridized carbons (Fsp3) is 0.857. The zero-order valence-corrected chi connectivity index (χ0v) is 20.0. The molecule has 0 saturated carbocycles. The van der Waals surface area contributed by atoms with E-state index in [-0.39, 0.29) is 12.1 Å². The predicted octanol–water partition coefficient (Wildman–Crippen LogP) is 6.40. The van der Waals surface area contributed by atoms with Crippen molar-refractivity contribution in [2.75, 3.05) is 12.4 Å². The van der Waals surface area contributed by atoms with E-state index in [1.54, 1.807) is 6.92 Å². The quantitative estimate of drug-likeness (QED) is 0.197. The molecule has 7 heteroatoms. The molecule has 1 aromatic heterocycles. The van der Waals surface area contributed by atoms with Crippen LogP contribution in [0, 0.1) is 6.92 Å². The molecule has 0 N–H and O–H groups in total. The summed E-state index contributed by atoms with van der Waals surface area (Å²) in [5.41, 5.74) is 0.653. The fourth-order valence-electron chi connectivity index (χ4n) is 2.51. The lowest BCUT2D eigenvalue weighted by molar-refractivity contribution is -0.135. The van der Waals surface area contributed by atoms with E-state index in [1.165, 1.54) is 32.1 Å². The summed E-state index contributed by atoms with van der Waals surface area (Å²) < 4.78 is 18.8. The number of ether oxygens (including phenoxy) is 2. The van der Waals surface area contributed by atoms with E-state index in [4.69, 9.17) is 9.47 Å². The highest BCUT2D eigenvalue weighted by Crippen LogP contribution is 2.14. The van der Waals surface area contributed by atoms with Crippen LogP contribution < -0.4 is 4.74 Å². The highest BCUT2D eigenvalue weighted by Gasteiger charge is 2.11. The largest absolute Gasteiger partial charge is 0.404 e. The van der Waals surface area contributed by atoms with E-state index < -0.39 is 0 Å². The number of hydrogen-bond acceptors (Lipinski definition) is 7. The van der Waals surface area contributed by atoms with Gasteiger partial charge in [0, 0.05) is 13.0 Å². The molecule has 1 heterocycles. The Labute approximate surface area is 181 Å². The number of aromatic nitrogens is 2. The zero-order chi connectivity index (χ0) is 21.0. The minimum Gasteiger partial charge on any atom is -0.404 e. The summed E-state index contributed by atoms with van der Waals surface area (Å²) in [6.07, 6.45) is 12.6. The molecule has 0 aromatic carbocycles. The van der Waals surface area contributed by atoms with Crippen molar-refractivity contribution in [3.63, 3.8) is 0 Å². The number of thiol groups is 1. The maximum Gasteiger partial charge on any atom is 0.312 e. The lowest BCUT2D eigenvalue weighted by Gasteiger charge is -2.15. The Morgan fingerprint density at radius 2 is 1.75 bits per heavy atom. The average Bonchev–Trinajstić information content (AvgIpc) is 3.09. The normalized spacial score (nSPS) is 11.6. The van der Waals surface area contributed by atoms with E-state index in [0.29, 0.717) is 31.0 Å². The third kappa shape index (κ3) is 15.3. The second-order valence-corrected chi connectivity index (χ2v) is 7.89. The summed E-state index contributed by atoms with van der Waals surface area (Å²) in [6.45, 7) is 8.97. The van der Waals surface area contributed by atoms with Gasteiger partial charge in [-0.25, -0.2) is 0 Å². The summed E-state index contributed by atoms with van der Waals surface area (Å²) in [7, 11) is 0. The van der Waals surface area contributed by atoms with Crippen LogP contribution in [0.25, 0.3) is 0 Å². The predicted molar refractivity (Wildman–Crippen MR) is 122 cm³/mol. The van der Waals surface area contributed by atoms with Crippen molar-refractivity contribution in [2.24, 2.45) is 0 Å². The lowest BCUT2D eigenvalue weighted by atomic mass is 10.1. The number of carbonyl (C=O) groups is 1. The van der Waals surface area contributed by atoms with Gasteiger partial charge in [0.1, 0.15) is 5.69 Å². The van der Waals surface area contributed by atoms with Crippen LogP contribution in [0.3, 0.4) is 0 Å². The molecule has 0 aliphatic heterocycles. The van der Waals surface area contributed by atoms with Crippen molar-refractivity contribution >= 4 is 30.3 Å². The zero-order valence-electron chi connectivity index (χ0n) is 18.2. The number of esters is 1. The van der Waals surface area contributed by atoms with Gasteiger partial charge < -0.3 is 9.47 Å². The third-order valence-electron chi connectivity index (χ3n) is 4.30. The van der Waals surface area contributed by atoms with Crippen molar-refractivity contribution in [3.8, 4) is 5.88 Å². The molecule has 0 fully saturated rings. The van der Waals surface area contributed by atoms with E-state index in [0.717, 1.165) is 43.2 Å². The Morgan fingerprint density at radius 3 is 2.29 bits per heavy atom. The summed E-state index contributed by atoms with van der Waals surface area (Å²) in [6, 6.07) is 0. The molecule has 0 amide bonds. The second-order valence-electron chi connectivity index (χ2n) is 6.91. The number of unbranched alkanes of at least 4 members (excludes halogenated alkanes) is 5. The Hall–Kier alpha value is -0.660. The van der Waals surface area contributed by atoms with Crippen LogP contribution in [0.1, 0.15) is 97.1 Å². The monoisotopic (exact) mass is 432 g/mol. The van der Waals surface area contributed by atoms with Gasteiger partial charge >= 0.3 is 5.97 Å². The number of carbonyl (C=O) groups excluding carboxylic acids is 1. The molecule has 0 aliphatic rings. The summed E-state index contributed by atoms with van der Waals surface area (Å²) >= 11 is 5.25. The van der Waals surface area contributed by atoms with Crippen molar-refractivity contribution in [1.29, 1.82) is 0 Å². The molecule has 1 aromatic rings. The van der Waals surface area contributed by atoms with E-state index in [9.17, 15) is 4.79 Å². The molecule has 1 unspecified atom stereocenters. The maximum absolute atomic E-state index is 11.6. The molecule has 0 saturated heterocycles. The Bertz CT molecular complexity index is 480. The van der Waals surface area contributed by atoms with Crippen LogP contribution in [0.4, 0.5) is 0 Å². The first-order valence-corrected chi connectivity index (χ1v) is 12.2. The smallest absolute Gasteiger partial charge is 0.312 e. The SMILES string of the molecule is CCC(CCCCS)OCCCC(=O)Oc1nsnc1C.CCCCCCC. The van der Waals surface area contributed by atoms with Crippen LogP contribution in [0.2, 0.25) is 0 Å². The van der Waals surface area contributed by atoms with E-state index in [2.05, 4.69) is 42.1 Å². The molecule has 0 bridgehead atoms. The standard InChI is InChI=1S/C14H24N2O3S2.C7H16/c1-3-12(7-4-5-10-20)18-9-6-8-13(17)19-14-11(2)15-21-16-14;1-3-5-7-6-4-2/h12,20H,3-10H2,1-2H3;3-7H2,1-2H3. The van der Waals surface area contributed by atoms with Crippen LogP contribution >= 0.6 is 24.4 Å². The summed E-state index contributed by atoms with van der Waals surface area (Å²) in [5, 5.41) is 0. The van der Waals surface area contributed by atoms with Gasteiger partial charge in [-0.15, -0.1) is 4.37 Å². The van der Waals surface area contributed by atoms with Crippen molar-refractivity contribution in [3.05, 3.63) is 5.69 Å². The highest BCUT2D eigenvalue weighted by atomic mass is 32.1. The van der Waals surface area contributed by atoms with Crippen LogP contribution in [-0.4, -0.2) is 33.2 Å². The average molecular weight is 433 g/mol. The highest BCUT2D eigenvalue weighted by molar-refractivity contribution is 7.80. The van der Waals surface area contributed by atoms with Gasteiger partial charge in [0.2, 0.25) is 0 Å². The maximum atomic E-state index is 11.6. The first kappa shape index (κ1) is 27.3. The number of nitrogens with zero attached hydrogens (tertiary/aromatic N) is 2. The van der Waals surface area contributed by atoms with E-state index >= 15 is 0 Å². The lowest BCUT2D eigenvalue weighted by Crippen LogP contribution is -2.15. The Morgan fingerprint density at radius 1 is 1.04 bits per heavy atom. The van der Waals surface area contributed by atoms with Crippen molar-refractivity contribution < 1.29 is 14.3 Å². The molecule has 1 atom stereocenters. The molecular weight excluding hydrogens is 392 g/mol. The number of rotatable bonds is 15. The molecule has 28 heavy (non-hydrogen) atoms. The second kappa shape index (κ2) is 19.6. The number of aryl methyl sites for hydroxylation is 1.